The Morgan fingerprint density at radius 1 is 1.05 bits per heavy atom. The van der Waals surface area contributed by atoms with Crippen molar-refractivity contribution in [1.29, 1.82) is 0 Å². The molecule has 4 heteroatoms. The molecule has 0 saturated carbocycles. The Balaban J connectivity index is 1.73. The lowest BCUT2D eigenvalue weighted by molar-refractivity contribution is 0.145. The molecular weight excluding hydrogens is 254 g/mol. The Morgan fingerprint density at radius 3 is 2.60 bits per heavy atom. The first-order valence-corrected chi connectivity index (χ1v) is 6.61. The summed E-state index contributed by atoms with van der Waals surface area (Å²) in [6.45, 7) is 0.237. The molecule has 0 aliphatic carbocycles. The third kappa shape index (κ3) is 2.61. The molecule has 0 radical (unpaired) electrons. The van der Waals surface area contributed by atoms with Crippen molar-refractivity contribution in [1.82, 2.24) is 0 Å². The number of fused-ring (bicyclic) bond motifs is 1. The van der Waals surface area contributed by atoms with Gasteiger partial charge in [-0.25, -0.2) is 0 Å². The second-order valence-corrected chi connectivity index (χ2v) is 4.90. The van der Waals surface area contributed by atoms with Gasteiger partial charge in [-0.3, -0.25) is 0 Å². The molecule has 1 aliphatic rings. The van der Waals surface area contributed by atoms with Crippen molar-refractivity contribution < 1.29 is 14.6 Å². The summed E-state index contributed by atoms with van der Waals surface area (Å²) in [5.74, 6) is 1.41. The van der Waals surface area contributed by atoms with Crippen molar-refractivity contribution in [2.75, 3.05) is 6.79 Å². The molecule has 0 spiro atoms. The molecule has 20 heavy (non-hydrogen) atoms. The quantitative estimate of drug-likeness (QED) is 0.893. The molecule has 2 atom stereocenters. The van der Waals surface area contributed by atoms with Gasteiger partial charge in [0.2, 0.25) is 6.79 Å². The summed E-state index contributed by atoms with van der Waals surface area (Å²) < 4.78 is 10.6. The number of ether oxygens (including phenoxy) is 2. The number of aliphatic hydroxyl groups excluding tert-OH is 1. The summed E-state index contributed by atoms with van der Waals surface area (Å²) in [6, 6.07) is 14.9. The Hall–Kier alpha value is -2.04. The predicted octanol–water partition coefficient (Wildman–Crippen LogP) is 2.02. The van der Waals surface area contributed by atoms with E-state index in [4.69, 9.17) is 15.2 Å². The van der Waals surface area contributed by atoms with Gasteiger partial charge >= 0.3 is 0 Å². The van der Waals surface area contributed by atoms with Gasteiger partial charge in [0.25, 0.3) is 0 Å². The van der Waals surface area contributed by atoms with Crippen LogP contribution in [0.25, 0.3) is 0 Å². The number of rotatable bonds is 4. The van der Waals surface area contributed by atoms with E-state index in [2.05, 4.69) is 0 Å². The second-order valence-electron chi connectivity index (χ2n) is 4.90. The lowest BCUT2D eigenvalue weighted by atomic mass is 9.96. The van der Waals surface area contributed by atoms with Crippen molar-refractivity contribution in [2.45, 2.75) is 18.6 Å². The zero-order valence-electron chi connectivity index (χ0n) is 11.0. The highest BCUT2D eigenvalue weighted by Gasteiger charge is 2.21. The van der Waals surface area contributed by atoms with Crippen LogP contribution in [0.5, 0.6) is 11.5 Å². The molecule has 0 aromatic heterocycles. The average molecular weight is 271 g/mol. The normalized spacial score (nSPS) is 15.9. The van der Waals surface area contributed by atoms with E-state index < -0.39 is 12.1 Å². The van der Waals surface area contributed by atoms with Gasteiger partial charge in [0.15, 0.2) is 11.5 Å². The van der Waals surface area contributed by atoms with Gasteiger partial charge in [0.1, 0.15) is 0 Å². The lowest BCUT2D eigenvalue weighted by Crippen LogP contribution is -2.28. The highest BCUT2D eigenvalue weighted by atomic mass is 16.7. The maximum absolute atomic E-state index is 10.3. The molecule has 0 bridgehead atoms. The van der Waals surface area contributed by atoms with Gasteiger partial charge in [0, 0.05) is 6.42 Å². The summed E-state index contributed by atoms with van der Waals surface area (Å²) in [4.78, 5) is 0. The molecule has 0 fully saturated rings. The van der Waals surface area contributed by atoms with Crippen LogP contribution in [0, 0.1) is 0 Å². The van der Waals surface area contributed by atoms with Crippen LogP contribution in [0.3, 0.4) is 0 Å². The van der Waals surface area contributed by atoms with Crippen LogP contribution >= 0.6 is 0 Å². The molecule has 0 saturated heterocycles. The lowest BCUT2D eigenvalue weighted by Gasteiger charge is -2.19. The van der Waals surface area contributed by atoms with Gasteiger partial charge in [-0.1, -0.05) is 36.4 Å². The monoisotopic (exact) mass is 271 g/mol. The Kier molecular flexibility index (Phi) is 3.58. The van der Waals surface area contributed by atoms with Crippen LogP contribution in [-0.2, 0) is 6.42 Å². The van der Waals surface area contributed by atoms with E-state index in [0.717, 1.165) is 16.9 Å². The van der Waals surface area contributed by atoms with Crippen molar-refractivity contribution in [2.24, 2.45) is 5.73 Å². The molecule has 3 rings (SSSR count). The van der Waals surface area contributed by atoms with E-state index >= 15 is 0 Å². The molecule has 4 nitrogen and oxygen atoms in total. The third-order valence-electron chi connectivity index (χ3n) is 3.48. The first-order chi connectivity index (χ1) is 9.74. The zero-order chi connectivity index (χ0) is 13.9. The summed E-state index contributed by atoms with van der Waals surface area (Å²) in [5.41, 5.74) is 8.05. The van der Waals surface area contributed by atoms with E-state index in [1.54, 1.807) is 0 Å². The molecule has 3 N–H and O–H groups in total. The maximum Gasteiger partial charge on any atom is 0.231 e. The third-order valence-corrected chi connectivity index (χ3v) is 3.48. The molecule has 1 aliphatic heterocycles. The fraction of sp³-hybridized carbons (Fsp3) is 0.250. The SMILES string of the molecule is N[C@H](c1ccc2c(c1)OCO2)[C@@H](O)Cc1ccccc1. The minimum Gasteiger partial charge on any atom is -0.454 e. The Bertz CT molecular complexity index is 586. The number of nitrogens with two attached hydrogens (primary N) is 1. The van der Waals surface area contributed by atoms with Gasteiger partial charge in [-0.15, -0.1) is 0 Å². The molecule has 2 aromatic carbocycles. The standard InChI is InChI=1S/C16H17NO3/c17-16(13(18)8-11-4-2-1-3-5-11)12-6-7-14-15(9-12)20-10-19-14/h1-7,9,13,16,18H,8,10,17H2/t13-,16+/m0/s1. The Labute approximate surface area is 117 Å². The number of aliphatic hydroxyl groups is 1. The smallest absolute Gasteiger partial charge is 0.231 e. The van der Waals surface area contributed by atoms with E-state index in [9.17, 15) is 5.11 Å². The molecule has 1 heterocycles. The van der Waals surface area contributed by atoms with Gasteiger partial charge in [0.05, 0.1) is 12.1 Å². The second kappa shape index (κ2) is 5.53. The topological polar surface area (TPSA) is 64.7 Å². The molecular formula is C16H17NO3. The van der Waals surface area contributed by atoms with Crippen molar-refractivity contribution in [3.63, 3.8) is 0 Å². The van der Waals surface area contributed by atoms with E-state index in [1.165, 1.54) is 0 Å². The highest BCUT2D eigenvalue weighted by molar-refractivity contribution is 5.45. The molecule has 2 aromatic rings. The summed E-state index contributed by atoms with van der Waals surface area (Å²) in [5, 5.41) is 10.3. The van der Waals surface area contributed by atoms with E-state index in [-0.39, 0.29) is 6.79 Å². The zero-order valence-corrected chi connectivity index (χ0v) is 11.0. The van der Waals surface area contributed by atoms with Crippen LogP contribution in [0.2, 0.25) is 0 Å². The minimum atomic E-state index is -0.641. The van der Waals surface area contributed by atoms with Crippen LogP contribution < -0.4 is 15.2 Å². The van der Waals surface area contributed by atoms with E-state index in [0.29, 0.717) is 12.2 Å². The number of benzene rings is 2. The van der Waals surface area contributed by atoms with Gasteiger partial charge in [-0.2, -0.15) is 0 Å². The van der Waals surface area contributed by atoms with Crippen molar-refractivity contribution in [3.05, 3.63) is 59.7 Å². The summed E-state index contributed by atoms with van der Waals surface area (Å²) in [7, 11) is 0. The van der Waals surface area contributed by atoms with Crippen LogP contribution in [0.1, 0.15) is 17.2 Å². The highest BCUT2D eigenvalue weighted by Crippen LogP contribution is 2.34. The molecule has 0 amide bonds. The van der Waals surface area contributed by atoms with Crippen LogP contribution in [-0.4, -0.2) is 18.0 Å². The van der Waals surface area contributed by atoms with Gasteiger partial charge in [-0.05, 0) is 23.3 Å². The predicted molar refractivity (Wildman–Crippen MR) is 75.6 cm³/mol. The fourth-order valence-corrected chi connectivity index (χ4v) is 2.33. The first kappa shape index (κ1) is 13.0. The van der Waals surface area contributed by atoms with Crippen molar-refractivity contribution in [3.8, 4) is 11.5 Å². The number of hydrogen-bond acceptors (Lipinski definition) is 4. The first-order valence-electron chi connectivity index (χ1n) is 6.61. The number of hydrogen-bond donors (Lipinski definition) is 2. The van der Waals surface area contributed by atoms with Gasteiger partial charge < -0.3 is 20.3 Å². The average Bonchev–Trinajstić information content (AvgIpc) is 2.94. The van der Waals surface area contributed by atoms with Crippen LogP contribution in [0.15, 0.2) is 48.5 Å². The Morgan fingerprint density at radius 2 is 1.80 bits per heavy atom. The van der Waals surface area contributed by atoms with Crippen molar-refractivity contribution >= 4 is 0 Å². The summed E-state index contributed by atoms with van der Waals surface area (Å²) >= 11 is 0. The maximum atomic E-state index is 10.3. The minimum absolute atomic E-state index is 0.237. The molecule has 104 valence electrons. The molecule has 0 unspecified atom stereocenters. The van der Waals surface area contributed by atoms with Crippen LogP contribution in [0.4, 0.5) is 0 Å². The van der Waals surface area contributed by atoms with E-state index in [1.807, 2.05) is 48.5 Å². The largest absolute Gasteiger partial charge is 0.454 e. The fourth-order valence-electron chi connectivity index (χ4n) is 2.33. The summed E-state index contributed by atoms with van der Waals surface area (Å²) in [6.07, 6.45) is -0.117.